The lowest BCUT2D eigenvalue weighted by Gasteiger charge is -2.58. The maximum Gasteiger partial charge on any atom is 0.319 e. The van der Waals surface area contributed by atoms with Crippen LogP contribution in [0.1, 0.15) is 102 Å². The van der Waals surface area contributed by atoms with Crippen molar-refractivity contribution >= 4 is 11.7 Å². The van der Waals surface area contributed by atoms with E-state index in [1.165, 1.54) is 16.7 Å². The van der Waals surface area contributed by atoms with Gasteiger partial charge in [-0.3, -0.25) is 0 Å². The Balaban J connectivity index is 1.16. The highest BCUT2D eigenvalue weighted by Gasteiger charge is 2.64. The molecule has 50 heavy (non-hydrogen) atoms. The number of aliphatic hydroxyl groups is 2. The van der Waals surface area contributed by atoms with Crippen LogP contribution in [0.5, 0.6) is 5.75 Å². The number of hydrogen-bond acceptors (Lipinski definition) is 6. The van der Waals surface area contributed by atoms with E-state index < -0.39 is 17.0 Å². The Kier molecular flexibility index (Phi) is 9.24. The number of carbonyl (C=O) groups excluding carboxylic acids is 1. The third-order valence-electron chi connectivity index (χ3n) is 13.1. The van der Waals surface area contributed by atoms with Gasteiger partial charge in [0.25, 0.3) is 0 Å². The fourth-order valence-electron chi connectivity index (χ4n) is 10.3. The number of fused-ring (bicyclic) bond motifs is 4. The molecular weight excluding hydrogens is 628 g/mol. The molecule has 1 saturated heterocycles. The first-order valence-corrected chi connectivity index (χ1v) is 18.7. The highest BCUT2D eigenvalue weighted by atomic mass is 16.7. The van der Waals surface area contributed by atoms with Gasteiger partial charge >= 0.3 is 6.03 Å². The van der Waals surface area contributed by atoms with Crippen LogP contribution in [-0.4, -0.2) is 53.6 Å². The van der Waals surface area contributed by atoms with Gasteiger partial charge in [0.1, 0.15) is 5.75 Å². The van der Waals surface area contributed by atoms with Crippen LogP contribution in [0, 0.1) is 22.7 Å². The Morgan fingerprint density at radius 1 is 1.00 bits per heavy atom. The predicted molar refractivity (Wildman–Crippen MR) is 195 cm³/mol. The van der Waals surface area contributed by atoms with Crippen LogP contribution in [0.2, 0.25) is 0 Å². The third-order valence-corrected chi connectivity index (χ3v) is 13.1. The summed E-state index contributed by atoms with van der Waals surface area (Å²) in [4.78, 5) is 12.7. The Bertz CT molecular complexity index is 1610. The van der Waals surface area contributed by atoms with E-state index in [2.05, 4.69) is 62.2 Å². The summed E-state index contributed by atoms with van der Waals surface area (Å²) in [6, 6.07) is 15.6. The maximum absolute atomic E-state index is 12.7. The van der Waals surface area contributed by atoms with Crippen molar-refractivity contribution in [1.82, 2.24) is 5.32 Å². The second-order valence-electron chi connectivity index (χ2n) is 16.9. The first kappa shape index (κ1) is 35.2. The van der Waals surface area contributed by atoms with Crippen LogP contribution in [-0.2, 0) is 16.0 Å². The van der Waals surface area contributed by atoms with Gasteiger partial charge in [-0.05, 0) is 104 Å². The summed E-state index contributed by atoms with van der Waals surface area (Å²) < 4.78 is 18.1. The van der Waals surface area contributed by atoms with Gasteiger partial charge in [0, 0.05) is 41.8 Å². The first-order valence-electron chi connectivity index (χ1n) is 18.7. The molecular formula is C42H56N2O6. The second-order valence-corrected chi connectivity index (χ2v) is 16.9. The van der Waals surface area contributed by atoms with E-state index in [-0.39, 0.29) is 22.8 Å². The molecule has 6 unspecified atom stereocenters. The quantitative estimate of drug-likeness (QED) is 0.210. The molecule has 5 aliphatic rings. The zero-order chi connectivity index (χ0) is 35.4. The van der Waals surface area contributed by atoms with E-state index in [1.807, 2.05) is 30.3 Å². The van der Waals surface area contributed by atoms with E-state index >= 15 is 0 Å². The summed E-state index contributed by atoms with van der Waals surface area (Å²) >= 11 is 0. The number of urea groups is 1. The number of carbonyl (C=O) groups is 1. The minimum atomic E-state index is -0.962. The molecule has 0 radical (unpaired) electrons. The van der Waals surface area contributed by atoms with Crippen molar-refractivity contribution in [2.45, 2.75) is 114 Å². The molecule has 7 rings (SSSR count). The number of benzene rings is 2. The maximum atomic E-state index is 12.7. The minimum Gasteiger partial charge on any atom is -0.497 e. The highest BCUT2D eigenvalue weighted by Crippen LogP contribution is 2.68. The number of nitrogens with one attached hydrogen (secondary N) is 2. The van der Waals surface area contributed by atoms with Crippen LogP contribution in [0.4, 0.5) is 10.5 Å². The van der Waals surface area contributed by atoms with Gasteiger partial charge in [-0.1, -0.05) is 56.7 Å². The van der Waals surface area contributed by atoms with Crippen molar-refractivity contribution in [2.24, 2.45) is 22.7 Å². The number of allylic oxidation sites excluding steroid dienone is 2. The Morgan fingerprint density at radius 2 is 1.72 bits per heavy atom. The molecule has 3 saturated carbocycles. The molecule has 4 N–H and O–H groups in total. The van der Waals surface area contributed by atoms with Gasteiger partial charge in [-0.2, -0.15) is 0 Å². The number of rotatable bonds is 8. The molecule has 8 heteroatoms. The molecule has 2 amide bonds. The minimum absolute atomic E-state index is 0.0317. The lowest BCUT2D eigenvalue weighted by molar-refractivity contribution is -0.322. The zero-order valence-corrected chi connectivity index (χ0v) is 30.4. The molecule has 2 aromatic carbocycles. The van der Waals surface area contributed by atoms with Gasteiger partial charge in [-0.15, -0.1) is 6.58 Å². The van der Waals surface area contributed by atoms with Gasteiger partial charge in [0.15, 0.2) is 5.79 Å². The topological polar surface area (TPSA) is 109 Å². The standard InChI is InChI=1S/C42H56N2O6/c1-6-7-19-41(47)21-17-34-32-16-20-40(46)25-42(49-26-38(2,3)27-50-42)22-18-35(40)36(32)33(23-39(34,41)4)29-10-8-28(9-11-29)24-43-37(45)44-30-12-14-31(48-5)15-13-30/h6,8-15,32-34,46-47H,1,7,16-27H2,2-5H3,(H2,43,44,45). The van der Waals surface area contributed by atoms with Crippen LogP contribution in [0.3, 0.4) is 0 Å². The van der Waals surface area contributed by atoms with Gasteiger partial charge in [0.05, 0.1) is 31.5 Å². The Morgan fingerprint density at radius 3 is 2.40 bits per heavy atom. The normalized spacial score (nSPS) is 33.9. The summed E-state index contributed by atoms with van der Waals surface area (Å²) in [5.41, 5.74) is 3.52. The van der Waals surface area contributed by atoms with E-state index in [1.54, 1.807) is 7.11 Å². The largest absolute Gasteiger partial charge is 0.497 e. The summed E-state index contributed by atoms with van der Waals surface area (Å²) in [7, 11) is 1.61. The number of ether oxygens (including phenoxy) is 3. The van der Waals surface area contributed by atoms with Crippen LogP contribution in [0.15, 0.2) is 72.3 Å². The Labute approximate surface area is 297 Å². The number of methoxy groups -OCH3 is 1. The van der Waals surface area contributed by atoms with Crippen LogP contribution >= 0.6 is 0 Å². The highest BCUT2D eigenvalue weighted by molar-refractivity contribution is 5.89. The third kappa shape index (κ3) is 6.31. The monoisotopic (exact) mass is 684 g/mol. The van der Waals surface area contributed by atoms with Crippen molar-refractivity contribution < 1.29 is 29.2 Å². The molecule has 4 fully saturated rings. The van der Waals surface area contributed by atoms with Crippen molar-refractivity contribution in [1.29, 1.82) is 0 Å². The van der Waals surface area contributed by atoms with E-state index in [4.69, 9.17) is 14.2 Å². The summed E-state index contributed by atoms with van der Waals surface area (Å²) in [5.74, 6) is 0.769. The fraction of sp³-hybridized carbons (Fsp3) is 0.595. The molecule has 2 aromatic rings. The summed E-state index contributed by atoms with van der Waals surface area (Å²) in [5, 5.41) is 30.7. The number of hydrogen-bond donors (Lipinski definition) is 4. The first-order chi connectivity index (χ1) is 23.8. The van der Waals surface area contributed by atoms with Crippen molar-refractivity contribution in [2.75, 3.05) is 25.6 Å². The predicted octanol–water partition coefficient (Wildman–Crippen LogP) is 8.01. The van der Waals surface area contributed by atoms with E-state index in [9.17, 15) is 15.0 Å². The molecule has 1 spiro atoms. The average Bonchev–Trinajstić information content (AvgIpc) is 3.37. The molecule has 1 aliphatic heterocycles. The average molecular weight is 685 g/mol. The van der Waals surface area contributed by atoms with Gasteiger partial charge < -0.3 is 35.1 Å². The molecule has 8 nitrogen and oxygen atoms in total. The molecule has 1 heterocycles. The van der Waals surface area contributed by atoms with Crippen LogP contribution < -0.4 is 15.4 Å². The number of amides is 2. The Hall–Kier alpha value is -3.17. The molecule has 4 aliphatic carbocycles. The van der Waals surface area contributed by atoms with Crippen molar-refractivity contribution in [3.8, 4) is 5.75 Å². The van der Waals surface area contributed by atoms with Crippen LogP contribution in [0.25, 0.3) is 0 Å². The molecule has 270 valence electrons. The van der Waals surface area contributed by atoms with Crippen molar-refractivity contribution in [3.63, 3.8) is 0 Å². The zero-order valence-electron chi connectivity index (χ0n) is 30.4. The lowest BCUT2D eigenvalue weighted by Crippen LogP contribution is -2.58. The van der Waals surface area contributed by atoms with E-state index in [0.29, 0.717) is 50.1 Å². The SMILES string of the molecule is C=CCCC1(O)CCC2C3CCC4(O)CC5(CCC4=C3C(c3ccc(CNC(=O)Nc4ccc(OC)cc4)cc3)CC21C)OCC(C)(C)CO5. The second kappa shape index (κ2) is 13.1. The molecule has 0 aromatic heterocycles. The smallest absolute Gasteiger partial charge is 0.319 e. The number of anilines is 1. The molecule has 6 atom stereocenters. The van der Waals surface area contributed by atoms with Gasteiger partial charge in [0.2, 0.25) is 0 Å². The van der Waals surface area contributed by atoms with Crippen molar-refractivity contribution in [3.05, 3.63) is 83.5 Å². The van der Waals surface area contributed by atoms with Gasteiger partial charge in [-0.25, -0.2) is 4.79 Å². The van der Waals surface area contributed by atoms with E-state index in [0.717, 1.165) is 62.7 Å². The summed E-state index contributed by atoms with van der Waals surface area (Å²) in [6.07, 6.45) is 9.69. The summed E-state index contributed by atoms with van der Waals surface area (Å²) in [6.45, 7) is 12.3. The lowest BCUT2D eigenvalue weighted by atomic mass is 9.49. The molecule has 0 bridgehead atoms. The fourth-order valence-corrected chi connectivity index (χ4v) is 10.3.